The molecule has 2 heterocycles. The Bertz CT molecular complexity index is 920. The predicted octanol–water partition coefficient (Wildman–Crippen LogP) is 2.68. The molecule has 2 amide bonds. The summed E-state index contributed by atoms with van der Waals surface area (Å²) in [5.74, 6) is -0.580. The van der Waals surface area contributed by atoms with Crippen molar-refractivity contribution in [3.8, 4) is 0 Å². The Kier molecular flexibility index (Phi) is 6.82. The topological polar surface area (TPSA) is 95.6 Å². The number of nitrogens with one attached hydrogen (secondary N) is 2. The first-order chi connectivity index (χ1) is 13.5. The van der Waals surface area contributed by atoms with Crippen molar-refractivity contribution in [1.82, 2.24) is 9.62 Å². The maximum atomic E-state index is 12.9. The quantitative estimate of drug-likeness (QED) is 0.718. The molecule has 1 aromatic heterocycles. The third-order valence-corrected chi connectivity index (χ3v) is 7.30. The van der Waals surface area contributed by atoms with Crippen LogP contribution in [0.1, 0.15) is 35.4 Å². The van der Waals surface area contributed by atoms with Gasteiger partial charge >= 0.3 is 0 Å². The number of carbonyl (C=O) groups excluding carboxylic acids is 2. The molecule has 0 saturated carbocycles. The van der Waals surface area contributed by atoms with Gasteiger partial charge in [-0.05, 0) is 36.4 Å². The standard InChI is InChI=1S/C19H23N3O4S2/c23-18(10-11-20-19(24)16-8-6-14-27-16)21-15-7-2-3-9-17(15)28(25,26)22-12-4-1-5-13-22/h2-3,6-9,14H,1,4-5,10-13H2,(H,20,24)(H,21,23). The van der Waals surface area contributed by atoms with Crippen molar-refractivity contribution < 1.29 is 18.0 Å². The molecule has 1 fully saturated rings. The highest BCUT2D eigenvalue weighted by molar-refractivity contribution is 7.89. The summed E-state index contributed by atoms with van der Waals surface area (Å²) in [6, 6.07) is 9.92. The summed E-state index contributed by atoms with van der Waals surface area (Å²) < 4.78 is 27.4. The van der Waals surface area contributed by atoms with Crippen LogP contribution in [0.2, 0.25) is 0 Å². The third kappa shape index (κ3) is 4.98. The molecule has 150 valence electrons. The predicted molar refractivity (Wildman–Crippen MR) is 109 cm³/mol. The minimum absolute atomic E-state index is 0.0508. The largest absolute Gasteiger partial charge is 0.351 e. The number of piperidine rings is 1. The van der Waals surface area contributed by atoms with Crippen molar-refractivity contribution in [2.75, 3.05) is 25.0 Å². The molecule has 1 aliphatic rings. The van der Waals surface area contributed by atoms with E-state index in [1.165, 1.54) is 21.7 Å². The maximum absolute atomic E-state index is 12.9. The number of hydrogen-bond acceptors (Lipinski definition) is 5. The highest BCUT2D eigenvalue weighted by Gasteiger charge is 2.28. The van der Waals surface area contributed by atoms with Crippen LogP contribution >= 0.6 is 11.3 Å². The monoisotopic (exact) mass is 421 g/mol. The number of benzene rings is 1. The van der Waals surface area contributed by atoms with Gasteiger partial charge in [0, 0.05) is 26.1 Å². The van der Waals surface area contributed by atoms with Gasteiger partial charge in [0.15, 0.2) is 0 Å². The van der Waals surface area contributed by atoms with E-state index in [-0.39, 0.29) is 35.4 Å². The Morgan fingerprint density at radius 2 is 1.79 bits per heavy atom. The zero-order valence-electron chi connectivity index (χ0n) is 15.4. The lowest BCUT2D eigenvalue weighted by Gasteiger charge is -2.26. The smallest absolute Gasteiger partial charge is 0.261 e. The lowest BCUT2D eigenvalue weighted by atomic mass is 10.2. The first-order valence-electron chi connectivity index (χ1n) is 9.19. The second kappa shape index (κ2) is 9.31. The minimum atomic E-state index is -3.65. The second-order valence-corrected chi connectivity index (χ2v) is 9.35. The Morgan fingerprint density at radius 3 is 2.50 bits per heavy atom. The van der Waals surface area contributed by atoms with Crippen molar-refractivity contribution in [2.45, 2.75) is 30.6 Å². The van der Waals surface area contributed by atoms with Gasteiger partial charge in [0.1, 0.15) is 4.90 Å². The van der Waals surface area contributed by atoms with Gasteiger partial charge in [-0.3, -0.25) is 9.59 Å². The molecule has 28 heavy (non-hydrogen) atoms. The first kappa shape index (κ1) is 20.5. The lowest BCUT2D eigenvalue weighted by molar-refractivity contribution is -0.116. The highest BCUT2D eigenvalue weighted by atomic mass is 32.2. The normalized spacial score (nSPS) is 15.1. The fourth-order valence-corrected chi connectivity index (χ4v) is 5.34. The van der Waals surface area contributed by atoms with Crippen molar-refractivity contribution >= 4 is 38.9 Å². The molecular formula is C19H23N3O4S2. The van der Waals surface area contributed by atoms with Crippen LogP contribution in [0.15, 0.2) is 46.7 Å². The first-order valence-corrected chi connectivity index (χ1v) is 11.5. The van der Waals surface area contributed by atoms with Gasteiger partial charge in [-0.2, -0.15) is 4.31 Å². The molecule has 0 radical (unpaired) electrons. The van der Waals surface area contributed by atoms with Crippen LogP contribution in [0, 0.1) is 0 Å². The molecule has 0 atom stereocenters. The Hall–Kier alpha value is -2.23. The summed E-state index contributed by atoms with van der Waals surface area (Å²) in [7, 11) is -3.65. The van der Waals surface area contributed by atoms with E-state index in [1.54, 1.807) is 35.7 Å². The van der Waals surface area contributed by atoms with Crippen LogP contribution in [-0.2, 0) is 14.8 Å². The maximum Gasteiger partial charge on any atom is 0.261 e. The Balaban J connectivity index is 1.61. The van der Waals surface area contributed by atoms with Gasteiger partial charge in [0.05, 0.1) is 10.6 Å². The number of carbonyl (C=O) groups is 2. The van der Waals surface area contributed by atoms with Gasteiger partial charge in [0.25, 0.3) is 5.91 Å². The third-order valence-electron chi connectivity index (χ3n) is 4.48. The molecule has 2 aromatic rings. The van der Waals surface area contributed by atoms with Crippen molar-refractivity contribution in [2.24, 2.45) is 0 Å². The Labute approximate surface area is 168 Å². The lowest BCUT2D eigenvalue weighted by Crippen LogP contribution is -2.36. The molecule has 7 nitrogen and oxygen atoms in total. The van der Waals surface area contributed by atoms with E-state index in [0.717, 1.165) is 19.3 Å². The van der Waals surface area contributed by atoms with Gasteiger partial charge < -0.3 is 10.6 Å². The molecule has 2 N–H and O–H groups in total. The van der Waals surface area contributed by atoms with E-state index >= 15 is 0 Å². The molecule has 3 rings (SSSR count). The highest BCUT2D eigenvalue weighted by Crippen LogP contribution is 2.26. The van der Waals surface area contributed by atoms with E-state index in [4.69, 9.17) is 0 Å². The SMILES string of the molecule is O=C(CCNC(=O)c1cccs1)Nc1ccccc1S(=O)(=O)N1CCCCC1. The van der Waals surface area contributed by atoms with Crippen LogP contribution in [0.3, 0.4) is 0 Å². The van der Waals surface area contributed by atoms with Gasteiger partial charge in [-0.25, -0.2) is 8.42 Å². The summed E-state index contributed by atoms with van der Waals surface area (Å²) in [5, 5.41) is 7.16. The number of nitrogens with zero attached hydrogens (tertiary/aromatic N) is 1. The minimum Gasteiger partial charge on any atom is -0.351 e. The average Bonchev–Trinajstić information content (AvgIpc) is 3.24. The van der Waals surface area contributed by atoms with Crippen LogP contribution in [0.25, 0.3) is 0 Å². The number of para-hydroxylation sites is 1. The summed E-state index contributed by atoms with van der Waals surface area (Å²) >= 11 is 1.33. The van der Waals surface area contributed by atoms with Crippen molar-refractivity contribution in [1.29, 1.82) is 0 Å². The Morgan fingerprint density at radius 1 is 1.04 bits per heavy atom. The molecular weight excluding hydrogens is 398 g/mol. The zero-order valence-corrected chi connectivity index (χ0v) is 17.0. The summed E-state index contributed by atoms with van der Waals surface area (Å²) in [4.78, 5) is 24.8. The average molecular weight is 422 g/mol. The number of sulfonamides is 1. The zero-order chi connectivity index (χ0) is 20.0. The van der Waals surface area contributed by atoms with Gasteiger partial charge in [-0.15, -0.1) is 11.3 Å². The van der Waals surface area contributed by atoms with Gasteiger partial charge in [0.2, 0.25) is 15.9 Å². The van der Waals surface area contributed by atoms with Crippen LogP contribution in [0.5, 0.6) is 0 Å². The number of amides is 2. The van der Waals surface area contributed by atoms with Crippen molar-refractivity contribution in [3.63, 3.8) is 0 Å². The van der Waals surface area contributed by atoms with Gasteiger partial charge in [-0.1, -0.05) is 24.6 Å². The van der Waals surface area contributed by atoms with Crippen LogP contribution < -0.4 is 10.6 Å². The number of thiophene rings is 1. The number of rotatable bonds is 7. The molecule has 0 aliphatic carbocycles. The molecule has 0 spiro atoms. The summed E-state index contributed by atoms with van der Waals surface area (Å²) in [6.45, 7) is 1.17. The van der Waals surface area contributed by atoms with E-state index in [2.05, 4.69) is 10.6 Å². The van der Waals surface area contributed by atoms with E-state index in [0.29, 0.717) is 18.0 Å². The fourth-order valence-electron chi connectivity index (χ4n) is 3.04. The molecule has 0 bridgehead atoms. The molecule has 0 unspecified atom stereocenters. The molecule has 1 aliphatic heterocycles. The second-order valence-electron chi connectivity index (χ2n) is 6.49. The van der Waals surface area contributed by atoms with E-state index in [1.807, 2.05) is 0 Å². The van der Waals surface area contributed by atoms with Crippen LogP contribution in [0.4, 0.5) is 5.69 Å². The van der Waals surface area contributed by atoms with E-state index < -0.39 is 10.0 Å². The van der Waals surface area contributed by atoms with Crippen LogP contribution in [-0.4, -0.2) is 44.2 Å². The van der Waals surface area contributed by atoms with Crippen molar-refractivity contribution in [3.05, 3.63) is 46.7 Å². The fraction of sp³-hybridized carbons (Fsp3) is 0.368. The number of anilines is 1. The molecule has 9 heteroatoms. The summed E-state index contributed by atoms with van der Waals surface area (Å²) in [5.41, 5.74) is 0.266. The molecule has 1 saturated heterocycles. The number of hydrogen-bond donors (Lipinski definition) is 2. The molecule has 1 aromatic carbocycles. The van der Waals surface area contributed by atoms with E-state index in [9.17, 15) is 18.0 Å². The summed E-state index contributed by atoms with van der Waals surface area (Å²) in [6.07, 6.45) is 2.77.